The summed E-state index contributed by atoms with van der Waals surface area (Å²) in [5.74, 6) is 0.187. The Bertz CT molecular complexity index is 135. The second-order valence-electron chi connectivity index (χ2n) is 3.57. The van der Waals surface area contributed by atoms with Crippen LogP contribution in [0.3, 0.4) is 0 Å². The van der Waals surface area contributed by atoms with Gasteiger partial charge >= 0.3 is 5.97 Å². The van der Waals surface area contributed by atoms with Crippen molar-refractivity contribution in [1.29, 1.82) is 0 Å². The molecule has 1 aliphatic rings. The number of esters is 1. The van der Waals surface area contributed by atoms with Crippen LogP contribution in [-0.2, 0) is 9.53 Å². The lowest BCUT2D eigenvalue weighted by molar-refractivity contribution is -0.146. The van der Waals surface area contributed by atoms with E-state index in [4.69, 9.17) is 4.74 Å². The van der Waals surface area contributed by atoms with Crippen LogP contribution in [0.15, 0.2) is 0 Å². The maximum absolute atomic E-state index is 11.2. The Morgan fingerprint density at radius 2 is 1.58 bits per heavy atom. The van der Waals surface area contributed by atoms with Crippen LogP contribution in [-0.4, -0.2) is 13.1 Å². The van der Waals surface area contributed by atoms with E-state index in [0.29, 0.717) is 0 Å². The fourth-order valence-corrected chi connectivity index (χ4v) is 1.86. The van der Waals surface area contributed by atoms with Crippen molar-refractivity contribution >= 4 is 5.97 Å². The van der Waals surface area contributed by atoms with E-state index < -0.39 is 0 Å². The summed E-state index contributed by atoms with van der Waals surface area (Å²) in [6.07, 6.45) is 8.37. The van der Waals surface area contributed by atoms with Crippen LogP contribution >= 0.6 is 0 Å². The smallest absolute Gasteiger partial charge is 0.308 e. The molecule has 70 valence electrons. The van der Waals surface area contributed by atoms with Crippen LogP contribution in [0.25, 0.3) is 0 Å². The highest BCUT2D eigenvalue weighted by Gasteiger charge is 2.19. The fourth-order valence-electron chi connectivity index (χ4n) is 1.86. The number of hydrogen-bond acceptors (Lipinski definition) is 2. The zero-order valence-electron chi connectivity index (χ0n) is 7.84. The van der Waals surface area contributed by atoms with Crippen molar-refractivity contribution in [2.24, 2.45) is 5.92 Å². The molecule has 0 aromatic heterocycles. The summed E-state index contributed by atoms with van der Waals surface area (Å²) in [5, 5.41) is 0. The molecule has 2 heteroatoms. The highest BCUT2D eigenvalue weighted by molar-refractivity contribution is 5.72. The molecule has 1 aliphatic carbocycles. The molecule has 0 aliphatic heterocycles. The van der Waals surface area contributed by atoms with Gasteiger partial charge in [0.25, 0.3) is 0 Å². The molecular weight excluding hydrogens is 152 g/mol. The third-order valence-corrected chi connectivity index (χ3v) is 2.64. The first kappa shape index (κ1) is 9.56. The number of carbonyl (C=O) groups is 1. The lowest BCUT2D eigenvalue weighted by Crippen LogP contribution is -2.17. The summed E-state index contributed by atoms with van der Waals surface area (Å²) in [6, 6.07) is 0. The van der Waals surface area contributed by atoms with Crippen LogP contribution < -0.4 is 0 Å². The summed E-state index contributed by atoms with van der Waals surface area (Å²) in [7, 11) is 1.49. The van der Waals surface area contributed by atoms with E-state index in [0.717, 1.165) is 12.8 Å². The molecule has 0 bridgehead atoms. The monoisotopic (exact) mass is 170 g/mol. The molecule has 12 heavy (non-hydrogen) atoms. The predicted molar refractivity (Wildman–Crippen MR) is 47.8 cm³/mol. The van der Waals surface area contributed by atoms with E-state index in [9.17, 15) is 4.79 Å². The predicted octanol–water partition coefficient (Wildman–Crippen LogP) is 2.52. The van der Waals surface area contributed by atoms with Gasteiger partial charge < -0.3 is 4.74 Å². The first-order chi connectivity index (χ1) is 5.84. The van der Waals surface area contributed by atoms with Crippen LogP contribution in [0, 0.1) is 5.92 Å². The Kier molecular flexibility index (Phi) is 4.12. The van der Waals surface area contributed by atoms with Gasteiger partial charge in [0.2, 0.25) is 0 Å². The molecule has 0 unspecified atom stereocenters. The molecule has 0 amide bonds. The molecule has 1 saturated carbocycles. The van der Waals surface area contributed by atoms with Gasteiger partial charge in [-0.25, -0.2) is 0 Å². The minimum atomic E-state index is -0.00287. The van der Waals surface area contributed by atoms with E-state index in [2.05, 4.69) is 0 Å². The van der Waals surface area contributed by atoms with Gasteiger partial charge in [-0.05, 0) is 12.8 Å². The number of carbonyl (C=O) groups excluding carboxylic acids is 1. The van der Waals surface area contributed by atoms with Gasteiger partial charge in [-0.3, -0.25) is 4.79 Å². The molecule has 2 nitrogen and oxygen atoms in total. The molecular formula is C10H18O2. The number of hydrogen-bond donors (Lipinski definition) is 0. The van der Waals surface area contributed by atoms with Crippen LogP contribution in [0.1, 0.15) is 44.9 Å². The van der Waals surface area contributed by atoms with Crippen molar-refractivity contribution in [3.8, 4) is 0 Å². The SMILES string of the molecule is COC(=O)C1CCCCCCC1. The van der Waals surface area contributed by atoms with Crippen molar-refractivity contribution in [2.45, 2.75) is 44.9 Å². The van der Waals surface area contributed by atoms with E-state index in [1.54, 1.807) is 0 Å². The summed E-state index contributed by atoms with van der Waals surface area (Å²) in [4.78, 5) is 11.2. The largest absolute Gasteiger partial charge is 0.469 e. The van der Waals surface area contributed by atoms with Gasteiger partial charge in [-0.15, -0.1) is 0 Å². The molecule has 0 N–H and O–H groups in total. The molecule has 0 spiro atoms. The minimum Gasteiger partial charge on any atom is -0.469 e. The summed E-state index contributed by atoms with van der Waals surface area (Å²) in [6.45, 7) is 0. The Labute approximate surface area is 74.3 Å². The summed E-state index contributed by atoms with van der Waals surface area (Å²) < 4.78 is 4.75. The average molecular weight is 170 g/mol. The van der Waals surface area contributed by atoms with Crippen molar-refractivity contribution in [1.82, 2.24) is 0 Å². The van der Waals surface area contributed by atoms with Crippen molar-refractivity contribution < 1.29 is 9.53 Å². The zero-order valence-corrected chi connectivity index (χ0v) is 7.84. The molecule has 0 aromatic carbocycles. The number of ether oxygens (including phenoxy) is 1. The maximum atomic E-state index is 11.2. The van der Waals surface area contributed by atoms with Crippen LogP contribution in [0.5, 0.6) is 0 Å². The maximum Gasteiger partial charge on any atom is 0.308 e. The van der Waals surface area contributed by atoms with Crippen molar-refractivity contribution in [3.05, 3.63) is 0 Å². The van der Waals surface area contributed by atoms with E-state index in [-0.39, 0.29) is 11.9 Å². The van der Waals surface area contributed by atoms with E-state index in [1.165, 1.54) is 39.2 Å². The molecule has 0 heterocycles. The first-order valence-electron chi connectivity index (χ1n) is 4.92. The minimum absolute atomic E-state index is 0.00287. The molecule has 1 fully saturated rings. The second-order valence-corrected chi connectivity index (χ2v) is 3.57. The lowest BCUT2D eigenvalue weighted by atomic mass is 9.91. The quantitative estimate of drug-likeness (QED) is 0.565. The molecule has 0 aromatic rings. The molecule has 0 saturated heterocycles. The van der Waals surface area contributed by atoms with Gasteiger partial charge in [0.1, 0.15) is 0 Å². The number of rotatable bonds is 1. The highest BCUT2D eigenvalue weighted by atomic mass is 16.5. The Hall–Kier alpha value is -0.530. The second kappa shape index (κ2) is 5.18. The van der Waals surface area contributed by atoms with Crippen LogP contribution in [0.2, 0.25) is 0 Å². The Morgan fingerprint density at radius 1 is 1.08 bits per heavy atom. The summed E-state index contributed by atoms with van der Waals surface area (Å²) in [5.41, 5.74) is 0. The Morgan fingerprint density at radius 3 is 2.08 bits per heavy atom. The normalized spacial score (nSPS) is 21.1. The van der Waals surface area contributed by atoms with Gasteiger partial charge in [-0.1, -0.05) is 32.1 Å². The third kappa shape index (κ3) is 2.84. The van der Waals surface area contributed by atoms with Crippen LogP contribution in [0.4, 0.5) is 0 Å². The highest BCUT2D eigenvalue weighted by Crippen LogP contribution is 2.22. The Balaban J connectivity index is 2.34. The lowest BCUT2D eigenvalue weighted by Gasteiger charge is -2.16. The first-order valence-corrected chi connectivity index (χ1v) is 4.92. The third-order valence-electron chi connectivity index (χ3n) is 2.64. The van der Waals surface area contributed by atoms with E-state index in [1.807, 2.05) is 0 Å². The number of methoxy groups -OCH3 is 1. The van der Waals surface area contributed by atoms with Crippen molar-refractivity contribution in [3.63, 3.8) is 0 Å². The zero-order chi connectivity index (χ0) is 8.81. The fraction of sp³-hybridized carbons (Fsp3) is 0.900. The standard InChI is InChI=1S/C10H18O2/c1-12-10(11)9-7-5-3-2-4-6-8-9/h9H,2-8H2,1H3. The molecule has 0 atom stereocenters. The van der Waals surface area contributed by atoms with Gasteiger partial charge in [0, 0.05) is 0 Å². The molecule has 0 radical (unpaired) electrons. The summed E-state index contributed by atoms with van der Waals surface area (Å²) >= 11 is 0. The topological polar surface area (TPSA) is 26.3 Å². The van der Waals surface area contributed by atoms with Gasteiger partial charge in [0.15, 0.2) is 0 Å². The average Bonchev–Trinajstić information content (AvgIpc) is 2.02. The van der Waals surface area contributed by atoms with Gasteiger partial charge in [0.05, 0.1) is 13.0 Å². The molecule has 1 rings (SSSR count). The van der Waals surface area contributed by atoms with E-state index >= 15 is 0 Å². The van der Waals surface area contributed by atoms with Crippen molar-refractivity contribution in [2.75, 3.05) is 7.11 Å². The van der Waals surface area contributed by atoms with Gasteiger partial charge in [-0.2, -0.15) is 0 Å².